The van der Waals surface area contributed by atoms with Crippen LogP contribution in [0.1, 0.15) is 30.9 Å². The van der Waals surface area contributed by atoms with Crippen molar-refractivity contribution >= 4 is 5.96 Å². The van der Waals surface area contributed by atoms with Gasteiger partial charge in [-0.05, 0) is 43.9 Å². The lowest BCUT2D eigenvalue weighted by Gasteiger charge is -2.21. The van der Waals surface area contributed by atoms with Gasteiger partial charge in [-0.15, -0.1) is 6.58 Å². The lowest BCUT2D eigenvalue weighted by molar-refractivity contribution is 0.352. The molecule has 1 fully saturated rings. The Morgan fingerprint density at radius 3 is 2.62 bits per heavy atom. The van der Waals surface area contributed by atoms with Gasteiger partial charge in [-0.25, -0.2) is 4.99 Å². The molecule has 0 unspecified atom stereocenters. The molecule has 1 aromatic carbocycles. The first-order valence-corrected chi connectivity index (χ1v) is 8.61. The maximum absolute atomic E-state index is 5.49. The number of ether oxygens (including phenoxy) is 2. The number of rotatable bonds is 7. The number of methoxy groups -OCH3 is 2. The van der Waals surface area contributed by atoms with E-state index < -0.39 is 0 Å². The summed E-state index contributed by atoms with van der Waals surface area (Å²) in [5.74, 6) is 2.51. The van der Waals surface area contributed by atoms with Gasteiger partial charge in [0.2, 0.25) is 0 Å². The molecule has 1 aliphatic rings. The van der Waals surface area contributed by atoms with E-state index in [0.717, 1.165) is 54.6 Å². The van der Waals surface area contributed by atoms with Crippen LogP contribution >= 0.6 is 0 Å². The van der Waals surface area contributed by atoms with Crippen LogP contribution in [0.4, 0.5) is 0 Å². The molecule has 5 nitrogen and oxygen atoms in total. The summed E-state index contributed by atoms with van der Waals surface area (Å²) in [6.07, 6.45) is 5.09. The molecule has 0 aliphatic carbocycles. The lowest BCUT2D eigenvalue weighted by Crippen LogP contribution is -2.39. The number of allylic oxidation sites excluding steroid dienone is 1. The van der Waals surface area contributed by atoms with E-state index in [1.807, 2.05) is 12.1 Å². The van der Waals surface area contributed by atoms with Gasteiger partial charge >= 0.3 is 0 Å². The lowest BCUT2D eigenvalue weighted by atomic mass is 10.1. The van der Waals surface area contributed by atoms with Gasteiger partial charge in [-0.2, -0.15) is 0 Å². The van der Waals surface area contributed by atoms with Crippen molar-refractivity contribution in [3.05, 3.63) is 35.9 Å². The molecule has 1 N–H and O–H groups in total. The Hall–Kier alpha value is -2.17. The number of hydrogen-bond acceptors (Lipinski definition) is 3. The summed E-state index contributed by atoms with van der Waals surface area (Å²) >= 11 is 0. The first-order chi connectivity index (χ1) is 11.7. The van der Waals surface area contributed by atoms with E-state index >= 15 is 0 Å². The Balaban J connectivity index is 2.24. The summed E-state index contributed by atoms with van der Waals surface area (Å²) in [6.45, 7) is 9.59. The molecule has 1 saturated heterocycles. The minimum atomic E-state index is 0.614. The molecule has 0 saturated carbocycles. The predicted molar refractivity (Wildman–Crippen MR) is 99.1 cm³/mol. The number of nitrogens with zero attached hydrogens (tertiary/aromatic N) is 2. The zero-order valence-electron chi connectivity index (χ0n) is 15.1. The highest BCUT2D eigenvalue weighted by atomic mass is 16.5. The molecule has 0 bridgehead atoms. The Morgan fingerprint density at radius 1 is 1.29 bits per heavy atom. The molecule has 0 aromatic heterocycles. The van der Waals surface area contributed by atoms with Crippen LogP contribution in [0.25, 0.3) is 0 Å². The van der Waals surface area contributed by atoms with E-state index in [1.165, 1.54) is 12.8 Å². The van der Waals surface area contributed by atoms with Gasteiger partial charge in [-0.3, -0.25) is 0 Å². The zero-order chi connectivity index (χ0) is 17.4. The normalized spacial score (nSPS) is 14.6. The van der Waals surface area contributed by atoms with Gasteiger partial charge in [-0.1, -0.05) is 6.08 Å². The minimum Gasteiger partial charge on any atom is -0.493 e. The molecule has 0 atom stereocenters. The van der Waals surface area contributed by atoms with Gasteiger partial charge in [0, 0.05) is 25.2 Å². The standard InChI is InChI=1S/C19H29N3O2/c1-5-9-16-12-15(13-17(23-3)18(16)24-4)14-21-19(20-6-2)22-10-7-8-11-22/h5,12-13H,1,6-11,14H2,2-4H3,(H,20,21). The van der Waals surface area contributed by atoms with Crippen molar-refractivity contribution in [2.45, 2.75) is 32.7 Å². The molecule has 1 aliphatic heterocycles. The summed E-state index contributed by atoms with van der Waals surface area (Å²) in [5.41, 5.74) is 2.18. The van der Waals surface area contributed by atoms with Crippen molar-refractivity contribution in [3.8, 4) is 11.5 Å². The summed E-state index contributed by atoms with van der Waals surface area (Å²) in [6, 6.07) is 4.13. The highest BCUT2D eigenvalue weighted by Gasteiger charge is 2.16. The van der Waals surface area contributed by atoms with Crippen LogP contribution in [0.3, 0.4) is 0 Å². The minimum absolute atomic E-state index is 0.614. The molecule has 0 spiro atoms. The predicted octanol–water partition coefficient (Wildman–Crippen LogP) is 2.99. The van der Waals surface area contributed by atoms with Crippen LogP contribution in [0.5, 0.6) is 11.5 Å². The fourth-order valence-electron chi connectivity index (χ4n) is 3.03. The average Bonchev–Trinajstić information content (AvgIpc) is 3.12. The van der Waals surface area contributed by atoms with Gasteiger partial charge in [0.05, 0.1) is 20.8 Å². The van der Waals surface area contributed by atoms with Crippen LogP contribution in [-0.4, -0.2) is 44.7 Å². The van der Waals surface area contributed by atoms with Crippen LogP contribution in [0.2, 0.25) is 0 Å². The Morgan fingerprint density at radius 2 is 2.04 bits per heavy atom. The molecular formula is C19H29N3O2. The molecule has 24 heavy (non-hydrogen) atoms. The third-order valence-electron chi connectivity index (χ3n) is 4.13. The molecule has 132 valence electrons. The number of benzene rings is 1. The fraction of sp³-hybridized carbons (Fsp3) is 0.526. The van der Waals surface area contributed by atoms with Crippen LogP contribution in [0.15, 0.2) is 29.8 Å². The molecule has 0 radical (unpaired) electrons. The van der Waals surface area contributed by atoms with Crippen LogP contribution < -0.4 is 14.8 Å². The van der Waals surface area contributed by atoms with E-state index in [-0.39, 0.29) is 0 Å². The summed E-state index contributed by atoms with van der Waals surface area (Å²) < 4.78 is 11.0. The molecular weight excluding hydrogens is 302 g/mol. The summed E-state index contributed by atoms with van der Waals surface area (Å²) in [4.78, 5) is 7.14. The van der Waals surface area contributed by atoms with Crippen molar-refractivity contribution < 1.29 is 9.47 Å². The quantitative estimate of drug-likeness (QED) is 0.474. The van der Waals surface area contributed by atoms with E-state index in [0.29, 0.717) is 6.54 Å². The van der Waals surface area contributed by atoms with E-state index in [4.69, 9.17) is 14.5 Å². The fourth-order valence-corrected chi connectivity index (χ4v) is 3.03. The van der Waals surface area contributed by atoms with E-state index in [9.17, 15) is 0 Å². The van der Waals surface area contributed by atoms with Gasteiger partial charge in [0.1, 0.15) is 0 Å². The first-order valence-electron chi connectivity index (χ1n) is 8.61. The van der Waals surface area contributed by atoms with Crippen LogP contribution in [0, 0.1) is 0 Å². The second-order valence-electron chi connectivity index (χ2n) is 5.85. The molecule has 5 heteroatoms. The number of nitrogens with one attached hydrogen (secondary N) is 1. The van der Waals surface area contributed by atoms with Gasteiger partial charge in [0.25, 0.3) is 0 Å². The highest BCUT2D eigenvalue weighted by Crippen LogP contribution is 2.33. The zero-order valence-corrected chi connectivity index (χ0v) is 15.1. The van der Waals surface area contributed by atoms with Crippen LogP contribution in [-0.2, 0) is 13.0 Å². The molecule has 2 rings (SSSR count). The maximum Gasteiger partial charge on any atom is 0.194 e. The van der Waals surface area contributed by atoms with E-state index in [1.54, 1.807) is 14.2 Å². The Kier molecular flexibility index (Phi) is 6.97. The largest absolute Gasteiger partial charge is 0.493 e. The molecule has 0 amide bonds. The number of hydrogen-bond donors (Lipinski definition) is 1. The average molecular weight is 331 g/mol. The smallest absolute Gasteiger partial charge is 0.194 e. The van der Waals surface area contributed by atoms with Gasteiger partial charge < -0.3 is 19.7 Å². The van der Waals surface area contributed by atoms with Crippen molar-refractivity contribution in [2.75, 3.05) is 33.9 Å². The van der Waals surface area contributed by atoms with Crippen molar-refractivity contribution in [2.24, 2.45) is 4.99 Å². The Labute approximate surface area is 145 Å². The topological polar surface area (TPSA) is 46.1 Å². The molecule has 1 aromatic rings. The van der Waals surface area contributed by atoms with Crippen molar-refractivity contribution in [3.63, 3.8) is 0 Å². The second kappa shape index (κ2) is 9.21. The number of likely N-dealkylation sites (tertiary alicyclic amines) is 1. The van der Waals surface area contributed by atoms with Gasteiger partial charge in [0.15, 0.2) is 17.5 Å². The third kappa shape index (κ3) is 4.43. The summed E-state index contributed by atoms with van der Waals surface area (Å²) in [5, 5.41) is 3.39. The number of guanidine groups is 1. The molecule has 1 heterocycles. The van der Waals surface area contributed by atoms with Crippen molar-refractivity contribution in [1.82, 2.24) is 10.2 Å². The number of aliphatic imine (C=N–C) groups is 1. The highest BCUT2D eigenvalue weighted by molar-refractivity contribution is 5.80. The second-order valence-corrected chi connectivity index (χ2v) is 5.85. The SMILES string of the molecule is C=CCc1cc(CN=C(NCC)N2CCCC2)cc(OC)c1OC. The Bertz CT molecular complexity index is 578. The third-order valence-corrected chi connectivity index (χ3v) is 4.13. The summed E-state index contributed by atoms with van der Waals surface area (Å²) in [7, 11) is 3.33. The maximum atomic E-state index is 5.49. The monoisotopic (exact) mass is 331 g/mol. The van der Waals surface area contributed by atoms with E-state index in [2.05, 4.69) is 29.8 Å². The van der Waals surface area contributed by atoms with Crippen molar-refractivity contribution in [1.29, 1.82) is 0 Å². The first kappa shape index (κ1) is 18.2.